The van der Waals surface area contributed by atoms with E-state index in [-0.39, 0.29) is 0 Å². The second kappa shape index (κ2) is 8.53. The molecule has 0 amide bonds. The molecule has 0 spiro atoms. The van der Waals surface area contributed by atoms with Crippen LogP contribution in [0, 0.1) is 16.7 Å². The Morgan fingerprint density at radius 2 is 1.86 bits per heavy atom. The van der Waals surface area contributed by atoms with Gasteiger partial charge in [-0.25, -0.2) is 0 Å². The van der Waals surface area contributed by atoms with Crippen molar-refractivity contribution in [3.8, 4) is 0 Å². The number of rotatable bonds is 10. The van der Waals surface area contributed by atoms with E-state index in [1.807, 2.05) is 0 Å². The zero-order valence-electron chi connectivity index (χ0n) is 15.6. The van der Waals surface area contributed by atoms with Crippen molar-refractivity contribution in [3.63, 3.8) is 0 Å². The lowest BCUT2D eigenvalue weighted by Gasteiger charge is -2.35. The highest BCUT2D eigenvalue weighted by molar-refractivity contribution is 4.91. The topological polar surface area (TPSA) is 15.3 Å². The minimum Gasteiger partial charge on any atom is -0.316 e. The predicted molar refractivity (Wildman–Crippen MR) is 94.8 cm³/mol. The highest BCUT2D eigenvalue weighted by Crippen LogP contribution is 2.38. The second-order valence-electron chi connectivity index (χ2n) is 8.25. The van der Waals surface area contributed by atoms with E-state index in [0.29, 0.717) is 10.8 Å². The van der Waals surface area contributed by atoms with Crippen LogP contribution in [-0.4, -0.2) is 37.6 Å². The standard InChI is InChI=1S/C19H40N2/c1-7-10-18(6,14-20-13-17(4)5)15-21-12-11-19(8-2,9-3)16-21/h17,20H,7-16H2,1-6H3. The molecule has 1 aliphatic rings. The first-order valence-corrected chi connectivity index (χ1v) is 9.31. The minimum atomic E-state index is 0.432. The molecule has 0 saturated carbocycles. The lowest BCUT2D eigenvalue weighted by atomic mass is 9.81. The van der Waals surface area contributed by atoms with Gasteiger partial charge in [-0.3, -0.25) is 0 Å². The first-order chi connectivity index (χ1) is 9.88. The molecule has 21 heavy (non-hydrogen) atoms. The van der Waals surface area contributed by atoms with Crippen LogP contribution in [0.5, 0.6) is 0 Å². The van der Waals surface area contributed by atoms with Gasteiger partial charge in [0, 0.05) is 19.6 Å². The SMILES string of the molecule is CCCC(C)(CNCC(C)C)CN1CCC(CC)(CC)C1. The summed E-state index contributed by atoms with van der Waals surface area (Å²) in [4.78, 5) is 2.75. The molecule has 1 N–H and O–H groups in total. The monoisotopic (exact) mass is 296 g/mol. The fraction of sp³-hybridized carbons (Fsp3) is 1.00. The summed E-state index contributed by atoms with van der Waals surface area (Å²) in [5, 5.41) is 3.71. The molecule has 1 aliphatic heterocycles. The Kier molecular flexibility index (Phi) is 7.70. The zero-order valence-corrected chi connectivity index (χ0v) is 15.6. The van der Waals surface area contributed by atoms with Crippen molar-refractivity contribution in [1.82, 2.24) is 10.2 Å². The van der Waals surface area contributed by atoms with Crippen LogP contribution < -0.4 is 5.32 Å². The van der Waals surface area contributed by atoms with Crippen molar-refractivity contribution in [2.45, 2.75) is 73.6 Å². The highest BCUT2D eigenvalue weighted by atomic mass is 15.2. The Bertz CT molecular complexity index is 283. The Balaban J connectivity index is 2.54. The quantitative estimate of drug-likeness (QED) is 0.636. The van der Waals surface area contributed by atoms with Crippen LogP contribution in [-0.2, 0) is 0 Å². The molecular formula is C19H40N2. The molecule has 1 saturated heterocycles. The number of nitrogens with one attached hydrogen (secondary N) is 1. The van der Waals surface area contributed by atoms with E-state index in [4.69, 9.17) is 0 Å². The van der Waals surface area contributed by atoms with Gasteiger partial charge in [0.2, 0.25) is 0 Å². The molecule has 0 aliphatic carbocycles. The van der Waals surface area contributed by atoms with E-state index < -0.39 is 0 Å². The van der Waals surface area contributed by atoms with Crippen molar-refractivity contribution < 1.29 is 0 Å². The molecule has 0 aromatic carbocycles. The van der Waals surface area contributed by atoms with Crippen LogP contribution in [0.25, 0.3) is 0 Å². The molecule has 126 valence electrons. The lowest BCUT2D eigenvalue weighted by molar-refractivity contribution is 0.152. The first kappa shape index (κ1) is 19.0. The van der Waals surface area contributed by atoms with Gasteiger partial charge in [-0.15, -0.1) is 0 Å². The third kappa shape index (κ3) is 5.90. The summed E-state index contributed by atoms with van der Waals surface area (Å²) >= 11 is 0. The molecule has 1 atom stereocenters. The molecular weight excluding hydrogens is 256 g/mol. The summed E-state index contributed by atoms with van der Waals surface area (Å²) in [6.45, 7) is 20.4. The van der Waals surface area contributed by atoms with Gasteiger partial charge in [0.05, 0.1) is 0 Å². The molecule has 0 aromatic rings. The summed E-state index contributed by atoms with van der Waals surface area (Å²) in [6, 6.07) is 0. The second-order valence-corrected chi connectivity index (χ2v) is 8.25. The van der Waals surface area contributed by atoms with Gasteiger partial charge < -0.3 is 10.2 Å². The van der Waals surface area contributed by atoms with Crippen LogP contribution in [0.1, 0.15) is 73.6 Å². The number of hydrogen-bond donors (Lipinski definition) is 1. The molecule has 1 fully saturated rings. The smallest absolute Gasteiger partial charge is 0.00477 e. The van der Waals surface area contributed by atoms with Gasteiger partial charge in [0.25, 0.3) is 0 Å². The van der Waals surface area contributed by atoms with E-state index in [9.17, 15) is 0 Å². The zero-order chi connectivity index (χ0) is 15.9. The molecule has 2 nitrogen and oxygen atoms in total. The number of nitrogens with zero attached hydrogens (tertiary/aromatic N) is 1. The maximum Gasteiger partial charge on any atom is 0.00477 e. The lowest BCUT2D eigenvalue weighted by Crippen LogP contribution is -2.43. The Morgan fingerprint density at radius 1 is 1.19 bits per heavy atom. The summed E-state index contributed by atoms with van der Waals surface area (Å²) < 4.78 is 0. The molecule has 1 heterocycles. The van der Waals surface area contributed by atoms with Gasteiger partial charge in [-0.05, 0) is 55.5 Å². The van der Waals surface area contributed by atoms with Crippen LogP contribution in [0.2, 0.25) is 0 Å². The normalized spacial score (nSPS) is 21.9. The van der Waals surface area contributed by atoms with E-state index in [1.54, 1.807) is 0 Å². The predicted octanol–water partition coefficient (Wildman–Crippen LogP) is 4.55. The van der Waals surface area contributed by atoms with E-state index in [2.05, 4.69) is 51.8 Å². The summed E-state index contributed by atoms with van der Waals surface area (Å²) in [5.74, 6) is 0.746. The maximum atomic E-state index is 3.71. The maximum absolute atomic E-state index is 3.71. The Morgan fingerprint density at radius 3 is 2.33 bits per heavy atom. The van der Waals surface area contributed by atoms with Gasteiger partial charge in [0.15, 0.2) is 0 Å². The summed E-state index contributed by atoms with van der Waals surface area (Å²) in [7, 11) is 0. The highest BCUT2D eigenvalue weighted by Gasteiger charge is 2.37. The van der Waals surface area contributed by atoms with Gasteiger partial charge in [-0.2, -0.15) is 0 Å². The summed E-state index contributed by atoms with van der Waals surface area (Å²) in [6.07, 6.45) is 6.72. The third-order valence-corrected chi connectivity index (χ3v) is 5.58. The van der Waals surface area contributed by atoms with Gasteiger partial charge in [0.1, 0.15) is 0 Å². The van der Waals surface area contributed by atoms with E-state index >= 15 is 0 Å². The largest absolute Gasteiger partial charge is 0.316 e. The summed E-state index contributed by atoms with van der Waals surface area (Å²) in [5.41, 5.74) is 1.04. The fourth-order valence-electron chi connectivity index (χ4n) is 4.02. The van der Waals surface area contributed by atoms with Crippen LogP contribution >= 0.6 is 0 Å². The first-order valence-electron chi connectivity index (χ1n) is 9.31. The van der Waals surface area contributed by atoms with Crippen molar-refractivity contribution in [2.75, 3.05) is 32.7 Å². The third-order valence-electron chi connectivity index (χ3n) is 5.58. The van der Waals surface area contributed by atoms with E-state index in [1.165, 1.54) is 58.3 Å². The van der Waals surface area contributed by atoms with Crippen molar-refractivity contribution in [2.24, 2.45) is 16.7 Å². The van der Waals surface area contributed by atoms with Crippen LogP contribution in [0.4, 0.5) is 0 Å². The molecule has 0 aromatic heterocycles. The Hall–Kier alpha value is -0.0800. The van der Waals surface area contributed by atoms with Gasteiger partial charge >= 0.3 is 0 Å². The molecule has 0 radical (unpaired) electrons. The minimum absolute atomic E-state index is 0.432. The van der Waals surface area contributed by atoms with Gasteiger partial charge in [-0.1, -0.05) is 48.0 Å². The average Bonchev–Trinajstić information content (AvgIpc) is 2.82. The molecule has 1 rings (SSSR count). The number of likely N-dealkylation sites (tertiary alicyclic amines) is 1. The van der Waals surface area contributed by atoms with Crippen molar-refractivity contribution in [3.05, 3.63) is 0 Å². The number of hydrogen-bond acceptors (Lipinski definition) is 2. The van der Waals surface area contributed by atoms with E-state index in [0.717, 1.165) is 12.5 Å². The average molecular weight is 297 g/mol. The fourth-order valence-corrected chi connectivity index (χ4v) is 4.02. The van der Waals surface area contributed by atoms with Crippen LogP contribution in [0.3, 0.4) is 0 Å². The Labute approximate surface area is 134 Å². The molecule has 1 unspecified atom stereocenters. The van der Waals surface area contributed by atoms with Crippen molar-refractivity contribution >= 4 is 0 Å². The van der Waals surface area contributed by atoms with Crippen LogP contribution in [0.15, 0.2) is 0 Å². The molecule has 0 bridgehead atoms. The van der Waals surface area contributed by atoms with Crippen molar-refractivity contribution in [1.29, 1.82) is 0 Å². The molecule has 2 heteroatoms.